The highest BCUT2D eigenvalue weighted by molar-refractivity contribution is 5.19. The Bertz CT molecular complexity index is 613. The molecule has 186 valence electrons. The summed E-state index contributed by atoms with van der Waals surface area (Å²) < 4.78 is 0. The zero-order valence-electron chi connectivity index (χ0n) is 22.5. The van der Waals surface area contributed by atoms with Gasteiger partial charge in [0.05, 0.1) is 6.10 Å². The van der Waals surface area contributed by atoms with Crippen LogP contribution in [0, 0.1) is 19.8 Å². The van der Waals surface area contributed by atoms with E-state index in [4.69, 9.17) is 0 Å². The van der Waals surface area contributed by atoms with Crippen LogP contribution < -0.4 is 0 Å². The minimum Gasteiger partial charge on any atom is -0.393 e. The first kappa shape index (κ1) is 29.1. The van der Waals surface area contributed by atoms with Crippen LogP contribution in [0.15, 0.2) is 24.3 Å². The van der Waals surface area contributed by atoms with Crippen molar-refractivity contribution in [3.05, 3.63) is 35.4 Å². The number of hydrogen-bond acceptors (Lipinski definition) is 5. The Hall–Kier alpha value is -0.980. The molecule has 0 bridgehead atoms. The Morgan fingerprint density at radius 2 is 0.875 bits per heavy atom. The van der Waals surface area contributed by atoms with Crippen molar-refractivity contribution in [3.63, 3.8) is 0 Å². The lowest BCUT2D eigenvalue weighted by molar-refractivity contribution is -0.257. The predicted molar refractivity (Wildman–Crippen MR) is 133 cm³/mol. The van der Waals surface area contributed by atoms with Gasteiger partial charge in [0, 0.05) is 22.2 Å². The van der Waals surface area contributed by atoms with E-state index in [1.54, 1.807) is 0 Å². The fourth-order valence-electron chi connectivity index (χ4n) is 5.62. The van der Waals surface area contributed by atoms with E-state index in [0.717, 1.165) is 12.8 Å². The van der Waals surface area contributed by atoms with E-state index in [1.807, 2.05) is 27.7 Å². The van der Waals surface area contributed by atoms with Crippen molar-refractivity contribution < 1.29 is 15.5 Å². The van der Waals surface area contributed by atoms with Crippen molar-refractivity contribution in [2.75, 3.05) is 0 Å². The number of nitrogens with zero attached hydrogens (tertiary/aromatic N) is 2. The molecule has 3 rings (SSSR count). The number of piperidine rings is 2. The van der Waals surface area contributed by atoms with E-state index < -0.39 is 0 Å². The van der Waals surface area contributed by atoms with Crippen molar-refractivity contribution in [1.29, 1.82) is 0 Å². The highest BCUT2D eigenvalue weighted by Gasteiger charge is 2.44. The number of rotatable bonds is 0. The molecule has 2 aliphatic rings. The zero-order chi connectivity index (χ0) is 25.1. The molecule has 32 heavy (non-hydrogen) atoms. The summed E-state index contributed by atoms with van der Waals surface area (Å²) in [6, 6.07) is 8.48. The van der Waals surface area contributed by atoms with Gasteiger partial charge in [-0.3, -0.25) is 0 Å². The Kier molecular flexibility index (Phi) is 9.55. The molecule has 1 aromatic rings. The number of aryl methyl sites for hydroxylation is 2. The second kappa shape index (κ2) is 10.5. The van der Waals surface area contributed by atoms with Gasteiger partial charge >= 0.3 is 0 Å². The molecule has 0 radical (unpaired) electrons. The first-order valence-electron chi connectivity index (χ1n) is 12.0. The fourth-order valence-corrected chi connectivity index (χ4v) is 5.62. The van der Waals surface area contributed by atoms with Gasteiger partial charge in [-0.2, -0.15) is 10.1 Å². The number of hydroxylamine groups is 4. The van der Waals surface area contributed by atoms with Crippen LogP contribution in [0.3, 0.4) is 0 Å². The number of aliphatic hydroxyl groups is 1. The van der Waals surface area contributed by atoms with Crippen LogP contribution in [0.4, 0.5) is 0 Å². The van der Waals surface area contributed by atoms with Gasteiger partial charge in [-0.05, 0) is 101 Å². The highest BCUT2D eigenvalue weighted by atomic mass is 16.5. The summed E-state index contributed by atoms with van der Waals surface area (Å²) >= 11 is 0. The van der Waals surface area contributed by atoms with Crippen LogP contribution in [0.25, 0.3) is 0 Å². The van der Waals surface area contributed by atoms with E-state index in [2.05, 4.69) is 72.7 Å². The van der Waals surface area contributed by atoms with Crippen LogP contribution in [-0.2, 0) is 0 Å². The third-order valence-electron chi connectivity index (χ3n) is 6.68. The molecule has 3 N–H and O–H groups in total. The molecule has 0 aromatic heterocycles. The van der Waals surface area contributed by atoms with E-state index in [1.165, 1.54) is 21.3 Å². The number of hydrogen-bond donors (Lipinski definition) is 3. The van der Waals surface area contributed by atoms with Crippen LogP contribution in [-0.4, -0.2) is 53.9 Å². The molecule has 5 heteroatoms. The smallest absolute Gasteiger partial charge is 0.0576 e. The first-order valence-corrected chi connectivity index (χ1v) is 12.0. The Balaban J connectivity index is 0.000000245. The molecule has 0 aliphatic carbocycles. The van der Waals surface area contributed by atoms with E-state index in [9.17, 15) is 15.5 Å². The minimum absolute atomic E-state index is 0.0683. The van der Waals surface area contributed by atoms with Gasteiger partial charge in [0.25, 0.3) is 0 Å². The van der Waals surface area contributed by atoms with Crippen molar-refractivity contribution in [2.45, 2.75) is 130 Å². The average molecular weight is 451 g/mol. The molecule has 1 aromatic carbocycles. The molecule has 2 fully saturated rings. The first-order chi connectivity index (χ1) is 14.3. The maximum Gasteiger partial charge on any atom is 0.0576 e. The second-order valence-electron chi connectivity index (χ2n) is 12.6. The van der Waals surface area contributed by atoms with Gasteiger partial charge in [-0.25, -0.2) is 0 Å². The maximum atomic E-state index is 9.92. The average Bonchev–Trinajstić information content (AvgIpc) is 2.60. The van der Waals surface area contributed by atoms with Gasteiger partial charge in [-0.15, -0.1) is 0 Å². The lowest BCUT2D eigenvalue weighted by Crippen LogP contribution is -2.60. The monoisotopic (exact) mass is 450 g/mol. The predicted octanol–water partition coefficient (Wildman–Crippen LogP) is 6.36. The second-order valence-corrected chi connectivity index (χ2v) is 12.6. The van der Waals surface area contributed by atoms with Crippen LogP contribution in [0.2, 0.25) is 0 Å². The molecule has 0 saturated carbocycles. The van der Waals surface area contributed by atoms with Crippen molar-refractivity contribution in [3.8, 4) is 0 Å². The van der Waals surface area contributed by atoms with Gasteiger partial charge < -0.3 is 15.5 Å². The minimum atomic E-state index is -0.318. The molecule has 0 amide bonds. The summed E-state index contributed by atoms with van der Waals surface area (Å²) in [5, 5.41) is 32.2. The van der Waals surface area contributed by atoms with E-state index in [-0.39, 0.29) is 28.3 Å². The quantitative estimate of drug-likeness (QED) is 0.429. The molecule has 5 nitrogen and oxygen atoms in total. The lowest BCUT2D eigenvalue weighted by atomic mass is 9.76. The fraction of sp³-hybridized carbons (Fsp3) is 0.778. The van der Waals surface area contributed by atoms with E-state index in [0.29, 0.717) is 18.8 Å². The summed E-state index contributed by atoms with van der Waals surface area (Å²) in [6.45, 7) is 22.6. The molecule has 0 spiro atoms. The Labute approximate surface area is 197 Å². The lowest BCUT2D eigenvalue weighted by Gasteiger charge is -2.50. The summed E-state index contributed by atoms with van der Waals surface area (Å²) in [5.41, 5.74) is 1.89. The Morgan fingerprint density at radius 3 is 1.16 bits per heavy atom. The highest BCUT2D eigenvalue weighted by Crippen LogP contribution is 2.39. The topological polar surface area (TPSA) is 67.2 Å². The van der Waals surface area contributed by atoms with Crippen LogP contribution in [0.5, 0.6) is 0 Å². The van der Waals surface area contributed by atoms with Crippen LogP contribution in [0.1, 0.15) is 99.1 Å². The van der Waals surface area contributed by atoms with Crippen molar-refractivity contribution >= 4 is 0 Å². The van der Waals surface area contributed by atoms with Crippen molar-refractivity contribution in [2.24, 2.45) is 5.92 Å². The molecule has 0 unspecified atom stereocenters. The summed E-state index contributed by atoms with van der Waals surface area (Å²) in [4.78, 5) is 0. The molecular weight excluding hydrogens is 400 g/mol. The van der Waals surface area contributed by atoms with Gasteiger partial charge in [-0.1, -0.05) is 42.3 Å². The summed E-state index contributed by atoms with van der Waals surface area (Å²) in [5.74, 6) is 0.707. The third kappa shape index (κ3) is 8.11. The summed E-state index contributed by atoms with van der Waals surface area (Å²) in [7, 11) is 0. The largest absolute Gasteiger partial charge is 0.393 e. The molecule has 2 heterocycles. The Morgan fingerprint density at radius 1 is 0.625 bits per heavy atom. The SMILES string of the molecule is CC1(C)CC(O)CC(C)(C)N1O.CC1CC(C)(C)N(O)C(C)(C)C1.Cc1ccc(C)cc1. The molecular formula is C27H50N2O3. The van der Waals surface area contributed by atoms with Gasteiger partial charge in [0.1, 0.15) is 0 Å². The van der Waals surface area contributed by atoms with Gasteiger partial charge in [0.2, 0.25) is 0 Å². The van der Waals surface area contributed by atoms with Gasteiger partial charge in [0.15, 0.2) is 0 Å². The third-order valence-corrected chi connectivity index (χ3v) is 6.68. The van der Waals surface area contributed by atoms with E-state index >= 15 is 0 Å². The van der Waals surface area contributed by atoms with Crippen molar-refractivity contribution in [1.82, 2.24) is 10.1 Å². The molecule has 2 saturated heterocycles. The normalized spacial score (nSPS) is 25.2. The number of benzene rings is 1. The maximum absolute atomic E-state index is 9.92. The molecule has 2 aliphatic heterocycles. The van der Waals surface area contributed by atoms with Crippen LogP contribution >= 0.6 is 0 Å². The standard InChI is InChI=1S/C10H21NO.C9H19NO2.C8H10/c1-8-6-9(2,3)11(12)10(4,5)7-8;1-8(2)5-7(11)6-9(3,4)10(8)12;1-7-3-5-8(2)6-4-7/h8,12H,6-7H2,1-5H3;7,11-12H,5-6H2,1-4H3;3-6H,1-2H3. The number of aliphatic hydroxyl groups excluding tert-OH is 1. The zero-order valence-corrected chi connectivity index (χ0v) is 22.5. The molecule has 0 atom stereocenters. The summed E-state index contributed by atoms with van der Waals surface area (Å²) in [6.07, 6.45) is 3.12.